The molecule has 0 aromatic heterocycles. The Morgan fingerprint density at radius 2 is 1.81 bits per heavy atom. The molecule has 0 saturated heterocycles. The zero-order valence-corrected chi connectivity index (χ0v) is 11.8. The minimum absolute atomic E-state index is 0.238. The van der Waals surface area contributed by atoms with Crippen molar-refractivity contribution in [3.8, 4) is 0 Å². The maximum absolute atomic E-state index is 11.5. The van der Waals surface area contributed by atoms with E-state index < -0.39 is 30.4 Å². The van der Waals surface area contributed by atoms with Gasteiger partial charge in [0.25, 0.3) is 0 Å². The Kier molecular flexibility index (Phi) is 7.52. The van der Waals surface area contributed by atoms with Gasteiger partial charge in [0, 0.05) is 6.54 Å². The van der Waals surface area contributed by atoms with E-state index in [1.165, 1.54) is 6.42 Å². The first-order valence-corrected chi connectivity index (χ1v) is 7.09. The SMILES string of the molecule is O=C(O)C[C@H](NC(=O)NCCOC1CCCCC1)C(=O)O. The van der Waals surface area contributed by atoms with Crippen LogP contribution in [0.25, 0.3) is 0 Å². The Hall–Kier alpha value is -1.83. The number of carbonyl (C=O) groups is 3. The molecule has 0 unspecified atom stereocenters. The third kappa shape index (κ3) is 7.50. The Labute approximate surface area is 122 Å². The topological polar surface area (TPSA) is 125 Å². The number of hydrogen-bond acceptors (Lipinski definition) is 4. The second-order valence-electron chi connectivity index (χ2n) is 5.02. The van der Waals surface area contributed by atoms with E-state index in [-0.39, 0.29) is 12.6 Å². The van der Waals surface area contributed by atoms with Crippen LogP contribution >= 0.6 is 0 Å². The zero-order valence-electron chi connectivity index (χ0n) is 11.8. The highest BCUT2D eigenvalue weighted by atomic mass is 16.5. The summed E-state index contributed by atoms with van der Waals surface area (Å²) < 4.78 is 5.60. The number of carbonyl (C=O) groups excluding carboxylic acids is 1. The first-order valence-electron chi connectivity index (χ1n) is 7.09. The fourth-order valence-corrected chi connectivity index (χ4v) is 2.21. The number of urea groups is 1. The summed E-state index contributed by atoms with van der Waals surface area (Å²) in [4.78, 5) is 32.7. The summed E-state index contributed by atoms with van der Waals surface area (Å²) in [7, 11) is 0. The molecular weight excluding hydrogens is 280 g/mol. The van der Waals surface area contributed by atoms with E-state index in [2.05, 4.69) is 10.6 Å². The normalized spacial score (nSPS) is 17.0. The molecule has 0 heterocycles. The van der Waals surface area contributed by atoms with Crippen molar-refractivity contribution in [2.45, 2.75) is 50.7 Å². The average Bonchev–Trinajstić information content (AvgIpc) is 2.43. The lowest BCUT2D eigenvalue weighted by Gasteiger charge is -2.22. The Bertz CT molecular complexity index is 368. The highest BCUT2D eigenvalue weighted by molar-refractivity contribution is 5.86. The molecule has 8 heteroatoms. The third-order valence-corrected chi connectivity index (χ3v) is 3.28. The summed E-state index contributed by atoms with van der Waals surface area (Å²) in [6, 6.07) is -2.15. The van der Waals surface area contributed by atoms with Crippen molar-refractivity contribution in [3.63, 3.8) is 0 Å². The predicted octanol–water partition coefficient (Wildman–Crippen LogP) is 0.563. The molecule has 1 rings (SSSR count). The molecule has 1 saturated carbocycles. The van der Waals surface area contributed by atoms with Crippen LogP contribution in [0.3, 0.4) is 0 Å². The summed E-state index contributed by atoms with van der Waals surface area (Å²) in [6.07, 6.45) is 5.20. The number of hydrogen-bond donors (Lipinski definition) is 4. The number of rotatable bonds is 8. The minimum Gasteiger partial charge on any atom is -0.481 e. The maximum Gasteiger partial charge on any atom is 0.326 e. The van der Waals surface area contributed by atoms with E-state index in [1.807, 2.05) is 0 Å². The van der Waals surface area contributed by atoms with E-state index in [0.29, 0.717) is 6.61 Å². The third-order valence-electron chi connectivity index (χ3n) is 3.28. The lowest BCUT2D eigenvalue weighted by atomic mass is 9.98. The molecule has 1 aliphatic carbocycles. The number of carboxylic acid groups (broad SMARTS) is 2. The molecule has 21 heavy (non-hydrogen) atoms. The molecule has 4 N–H and O–H groups in total. The van der Waals surface area contributed by atoms with Crippen LogP contribution < -0.4 is 10.6 Å². The molecule has 0 radical (unpaired) electrons. The summed E-state index contributed by atoms with van der Waals surface area (Å²) in [6.45, 7) is 0.608. The molecular formula is C13H22N2O6. The number of aliphatic carboxylic acids is 2. The fraction of sp³-hybridized carbons (Fsp3) is 0.769. The molecule has 0 aliphatic heterocycles. The summed E-state index contributed by atoms with van der Waals surface area (Å²) in [5.74, 6) is -2.67. The molecule has 0 spiro atoms. The van der Waals surface area contributed by atoms with E-state index in [1.54, 1.807) is 0 Å². The van der Waals surface area contributed by atoms with E-state index >= 15 is 0 Å². The van der Waals surface area contributed by atoms with Gasteiger partial charge in [-0.1, -0.05) is 19.3 Å². The molecule has 0 aromatic rings. The number of carboxylic acids is 2. The van der Waals surface area contributed by atoms with Crippen molar-refractivity contribution >= 4 is 18.0 Å². The van der Waals surface area contributed by atoms with E-state index in [9.17, 15) is 14.4 Å². The van der Waals surface area contributed by atoms with E-state index in [0.717, 1.165) is 25.7 Å². The van der Waals surface area contributed by atoms with Crippen LogP contribution in [0.15, 0.2) is 0 Å². The molecule has 1 fully saturated rings. The van der Waals surface area contributed by atoms with Crippen LogP contribution in [-0.2, 0) is 14.3 Å². The fourth-order valence-electron chi connectivity index (χ4n) is 2.21. The highest BCUT2D eigenvalue weighted by Gasteiger charge is 2.22. The van der Waals surface area contributed by atoms with E-state index in [4.69, 9.17) is 14.9 Å². The van der Waals surface area contributed by atoms with Crippen molar-refractivity contribution in [1.82, 2.24) is 10.6 Å². The van der Waals surface area contributed by atoms with Gasteiger partial charge >= 0.3 is 18.0 Å². The first-order chi connectivity index (χ1) is 9.99. The molecule has 120 valence electrons. The minimum atomic E-state index is -1.44. The quantitative estimate of drug-likeness (QED) is 0.486. The van der Waals surface area contributed by atoms with Gasteiger partial charge in [-0.25, -0.2) is 9.59 Å². The van der Waals surface area contributed by atoms with Crippen LogP contribution in [0.2, 0.25) is 0 Å². The molecule has 2 amide bonds. The lowest BCUT2D eigenvalue weighted by molar-refractivity contribution is -0.145. The van der Waals surface area contributed by atoms with Crippen LogP contribution in [0.4, 0.5) is 4.79 Å². The van der Waals surface area contributed by atoms with Gasteiger partial charge in [0.1, 0.15) is 6.04 Å². The number of nitrogens with one attached hydrogen (secondary N) is 2. The molecule has 0 bridgehead atoms. The van der Waals surface area contributed by atoms with Gasteiger partial charge in [-0.15, -0.1) is 0 Å². The van der Waals surface area contributed by atoms with Gasteiger partial charge in [-0.2, -0.15) is 0 Å². The monoisotopic (exact) mass is 302 g/mol. The Morgan fingerprint density at radius 3 is 2.38 bits per heavy atom. The molecule has 1 atom stereocenters. The molecule has 8 nitrogen and oxygen atoms in total. The predicted molar refractivity (Wildman–Crippen MR) is 73.0 cm³/mol. The highest BCUT2D eigenvalue weighted by Crippen LogP contribution is 2.19. The van der Waals surface area contributed by atoms with Gasteiger partial charge in [-0.05, 0) is 12.8 Å². The standard InChI is InChI=1S/C13H22N2O6/c16-11(17)8-10(12(18)19)15-13(20)14-6-7-21-9-4-2-1-3-5-9/h9-10H,1-8H2,(H,16,17)(H,18,19)(H2,14,15,20)/t10-/m0/s1. The van der Waals surface area contributed by atoms with Crippen molar-refractivity contribution in [1.29, 1.82) is 0 Å². The van der Waals surface area contributed by atoms with Gasteiger partial charge < -0.3 is 25.6 Å². The second kappa shape index (κ2) is 9.17. The van der Waals surface area contributed by atoms with Gasteiger partial charge in [-0.3, -0.25) is 4.79 Å². The maximum atomic E-state index is 11.5. The second-order valence-corrected chi connectivity index (χ2v) is 5.02. The van der Waals surface area contributed by atoms with Gasteiger partial charge in [0.15, 0.2) is 0 Å². The van der Waals surface area contributed by atoms with Crippen molar-refractivity contribution in [2.24, 2.45) is 0 Å². The smallest absolute Gasteiger partial charge is 0.326 e. The summed E-state index contributed by atoms with van der Waals surface area (Å²) >= 11 is 0. The van der Waals surface area contributed by atoms with Crippen molar-refractivity contribution in [3.05, 3.63) is 0 Å². The Morgan fingerprint density at radius 1 is 1.14 bits per heavy atom. The summed E-state index contributed by atoms with van der Waals surface area (Å²) in [5, 5.41) is 21.9. The van der Waals surface area contributed by atoms with Crippen LogP contribution in [0, 0.1) is 0 Å². The Balaban J connectivity index is 2.16. The van der Waals surface area contributed by atoms with Crippen LogP contribution in [0.1, 0.15) is 38.5 Å². The zero-order chi connectivity index (χ0) is 15.7. The van der Waals surface area contributed by atoms with Gasteiger partial charge in [0.05, 0.1) is 19.1 Å². The number of ether oxygens (including phenoxy) is 1. The van der Waals surface area contributed by atoms with Crippen molar-refractivity contribution in [2.75, 3.05) is 13.2 Å². The largest absolute Gasteiger partial charge is 0.481 e. The molecule has 1 aliphatic rings. The summed E-state index contributed by atoms with van der Waals surface area (Å²) in [5.41, 5.74) is 0. The average molecular weight is 302 g/mol. The van der Waals surface area contributed by atoms with Crippen LogP contribution in [0.5, 0.6) is 0 Å². The lowest BCUT2D eigenvalue weighted by Crippen LogP contribution is -2.47. The molecule has 0 aromatic carbocycles. The van der Waals surface area contributed by atoms with Gasteiger partial charge in [0.2, 0.25) is 0 Å². The first kappa shape index (κ1) is 17.2. The van der Waals surface area contributed by atoms with Crippen molar-refractivity contribution < 1.29 is 29.3 Å². The number of amides is 2. The van der Waals surface area contributed by atoms with Crippen LogP contribution in [-0.4, -0.2) is 53.5 Å².